The molecule has 1 aliphatic rings. The first kappa shape index (κ1) is 13.1. The van der Waals surface area contributed by atoms with Crippen LogP contribution in [-0.4, -0.2) is 5.78 Å². The molecule has 0 aromatic heterocycles. The van der Waals surface area contributed by atoms with E-state index in [0.717, 1.165) is 0 Å². The van der Waals surface area contributed by atoms with Crippen molar-refractivity contribution >= 4 is 18.2 Å². The number of nitrogens with two attached hydrogens (primary N) is 1. The number of rotatable bonds is 1. The lowest BCUT2D eigenvalue weighted by Gasteiger charge is -2.33. The molecule has 0 saturated heterocycles. The first-order valence-electron chi connectivity index (χ1n) is 5.17. The average molecular weight is 244 g/mol. The Labute approximate surface area is 100 Å². The predicted molar refractivity (Wildman–Crippen MR) is 63.0 cm³/mol. The van der Waals surface area contributed by atoms with Gasteiger partial charge in [0.05, 0.1) is 0 Å². The number of carbonyl (C=O) groups excluding carboxylic acids is 1. The lowest BCUT2D eigenvalue weighted by Crippen LogP contribution is -2.41. The van der Waals surface area contributed by atoms with Crippen LogP contribution < -0.4 is 5.73 Å². The molecule has 0 atom stereocenters. The average Bonchev–Trinajstić information content (AvgIpc) is 2.23. The topological polar surface area (TPSA) is 43.1 Å². The van der Waals surface area contributed by atoms with Crippen molar-refractivity contribution in [1.29, 1.82) is 0 Å². The van der Waals surface area contributed by atoms with Crippen molar-refractivity contribution in [3.8, 4) is 0 Å². The van der Waals surface area contributed by atoms with E-state index in [1.165, 1.54) is 6.07 Å². The van der Waals surface area contributed by atoms with E-state index >= 15 is 0 Å². The van der Waals surface area contributed by atoms with Crippen molar-refractivity contribution in [2.45, 2.75) is 31.2 Å². The molecule has 1 aromatic carbocycles. The van der Waals surface area contributed by atoms with Gasteiger partial charge in [0.2, 0.25) is 0 Å². The summed E-state index contributed by atoms with van der Waals surface area (Å²) in [5.74, 6) is -0.0400. The predicted octanol–water partition coefficient (Wildman–Crippen LogP) is 2.54. The van der Waals surface area contributed by atoms with Gasteiger partial charge < -0.3 is 5.73 Å². The van der Waals surface area contributed by atoms with Crippen LogP contribution in [0.5, 0.6) is 0 Å². The van der Waals surface area contributed by atoms with Gasteiger partial charge >= 0.3 is 0 Å². The van der Waals surface area contributed by atoms with Crippen LogP contribution in [0, 0.1) is 5.82 Å². The number of hydrogen-bond acceptors (Lipinski definition) is 2. The van der Waals surface area contributed by atoms with Gasteiger partial charge in [0.1, 0.15) is 11.6 Å². The fourth-order valence-corrected chi connectivity index (χ4v) is 2.11. The molecule has 1 fully saturated rings. The summed E-state index contributed by atoms with van der Waals surface area (Å²) < 4.78 is 13.6. The van der Waals surface area contributed by atoms with Crippen molar-refractivity contribution in [3.05, 3.63) is 35.6 Å². The summed E-state index contributed by atoms with van der Waals surface area (Å²) in [4.78, 5) is 11.1. The summed E-state index contributed by atoms with van der Waals surface area (Å²) in [6.07, 6.45) is 2.02. The monoisotopic (exact) mass is 243 g/mol. The summed E-state index contributed by atoms with van der Waals surface area (Å²) >= 11 is 0. The van der Waals surface area contributed by atoms with Crippen LogP contribution in [0.1, 0.15) is 31.2 Å². The Morgan fingerprint density at radius 2 is 1.75 bits per heavy atom. The molecule has 0 heterocycles. The van der Waals surface area contributed by atoms with E-state index in [0.29, 0.717) is 31.2 Å². The molecule has 2 N–H and O–H groups in total. The van der Waals surface area contributed by atoms with Gasteiger partial charge in [-0.25, -0.2) is 4.39 Å². The molecule has 1 aromatic rings. The molecule has 88 valence electrons. The summed E-state index contributed by atoms with van der Waals surface area (Å²) in [6, 6.07) is 6.56. The molecule has 16 heavy (non-hydrogen) atoms. The highest BCUT2D eigenvalue weighted by molar-refractivity contribution is 5.85. The second-order valence-corrected chi connectivity index (χ2v) is 4.17. The van der Waals surface area contributed by atoms with E-state index in [1.54, 1.807) is 18.2 Å². The molecule has 1 aliphatic carbocycles. The van der Waals surface area contributed by atoms with Gasteiger partial charge in [-0.3, -0.25) is 4.79 Å². The van der Waals surface area contributed by atoms with Gasteiger partial charge in [0.25, 0.3) is 0 Å². The van der Waals surface area contributed by atoms with Crippen LogP contribution in [0.25, 0.3) is 0 Å². The molecule has 0 unspecified atom stereocenters. The second kappa shape index (κ2) is 4.93. The molecule has 0 amide bonds. The first-order valence-corrected chi connectivity index (χ1v) is 5.17. The zero-order chi connectivity index (χ0) is 10.9. The van der Waals surface area contributed by atoms with Crippen molar-refractivity contribution in [3.63, 3.8) is 0 Å². The third-order valence-electron chi connectivity index (χ3n) is 3.11. The molecule has 2 nitrogen and oxygen atoms in total. The summed E-state index contributed by atoms with van der Waals surface area (Å²) in [7, 11) is 0. The van der Waals surface area contributed by atoms with Crippen molar-refractivity contribution in [1.82, 2.24) is 0 Å². The van der Waals surface area contributed by atoms with Crippen LogP contribution in [0.15, 0.2) is 24.3 Å². The molecule has 0 spiro atoms. The third kappa shape index (κ3) is 2.42. The first-order chi connectivity index (χ1) is 7.12. The van der Waals surface area contributed by atoms with Crippen LogP contribution in [0.3, 0.4) is 0 Å². The highest BCUT2D eigenvalue weighted by atomic mass is 35.5. The number of halogens is 2. The van der Waals surface area contributed by atoms with Crippen molar-refractivity contribution in [2.75, 3.05) is 0 Å². The van der Waals surface area contributed by atoms with Gasteiger partial charge in [-0.1, -0.05) is 18.2 Å². The van der Waals surface area contributed by atoms with Crippen molar-refractivity contribution < 1.29 is 9.18 Å². The standard InChI is InChI=1S/C12H14FNO.ClH/c13-11-4-2-1-3-10(11)12(14)7-5-9(15)6-8-12;/h1-4H,5-8,14H2;1H. The minimum Gasteiger partial charge on any atom is -0.321 e. The number of carbonyl (C=O) groups is 1. The normalized spacial score (nSPS) is 19.0. The van der Waals surface area contributed by atoms with E-state index in [-0.39, 0.29) is 24.0 Å². The molecule has 4 heteroatoms. The Kier molecular flexibility index (Phi) is 4.05. The number of Topliss-reactive ketones (excluding diaryl/α,β-unsaturated/α-hetero) is 1. The number of ketones is 1. The molecular weight excluding hydrogens is 229 g/mol. The summed E-state index contributed by atoms with van der Waals surface area (Å²) in [6.45, 7) is 0. The van der Waals surface area contributed by atoms with Gasteiger partial charge in [0.15, 0.2) is 0 Å². The Morgan fingerprint density at radius 1 is 1.19 bits per heavy atom. The Balaban J connectivity index is 0.00000128. The molecule has 0 radical (unpaired) electrons. The maximum atomic E-state index is 13.6. The van der Waals surface area contributed by atoms with Gasteiger partial charge in [-0.15, -0.1) is 12.4 Å². The third-order valence-corrected chi connectivity index (χ3v) is 3.11. The lowest BCUT2D eigenvalue weighted by molar-refractivity contribution is -0.121. The SMILES string of the molecule is Cl.NC1(c2ccccc2F)CCC(=O)CC1. The second-order valence-electron chi connectivity index (χ2n) is 4.17. The number of hydrogen-bond donors (Lipinski definition) is 1. The van der Waals surface area contributed by atoms with E-state index in [9.17, 15) is 9.18 Å². The van der Waals surface area contributed by atoms with Crippen LogP contribution in [-0.2, 0) is 10.3 Å². The largest absolute Gasteiger partial charge is 0.321 e. The smallest absolute Gasteiger partial charge is 0.133 e. The van der Waals surface area contributed by atoms with Crippen LogP contribution in [0.2, 0.25) is 0 Å². The highest BCUT2D eigenvalue weighted by Gasteiger charge is 2.34. The maximum Gasteiger partial charge on any atom is 0.133 e. The van der Waals surface area contributed by atoms with Crippen molar-refractivity contribution in [2.24, 2.45) is 5.73 Å². The lowest BCUT2D eigenvalue weighted by atomic mass is 9.77. The molecular formula is C12H15ClFNO. The zero-order valence-electron chi connectivity index (χ0n) is 8.91. The summed E-state index contributed by atoms with van der Waals surface area (Å²) in [5, 5.41) is 0. The Hall–Kier alpha value is -0.930. The quantitative estimate of drug-likeness (QED) is 0.824. The maximum absolute atomic E-state index is 13.6. The van der Waals surface area contributed by atoms with Gasteiger partial charge in [-0.2, -0.15) is 0 Å². The molecule has 1 saturated carbocycles. The minimum absolute atomic E-state index is 0. The summed E-state index contributed by atoms with van der Waals surface area (Å²) in [5.41, 5.74) is 6.04. The van der Waals surface area contributed by atoms with Crippen LogP contribution in [0.4, 0.5) is 4.39 Å². The highest BCUT2D eigenvalue weighted by Crippen LogP contribution is 2.34. The van der Waals surface area contributed by atoms with E-state index in [1.807, 2.05) is 0 Å². The fourth-order valence-electron chi connectivity index (χ4n) is 2.11. The van der Waals surface area contributed by atoms with Gasteiger partial charge in [-0.05, 0) is 18.9 Å². The molecule has 0 bridgehead atoms. The number of benzene rings is 1. The van der Waals surface area contributed by atoms with Gasteiger partial charge in [0, 0.05) is 23.9 Å². The van der Waals surface area contributed by atoms with E-state index < -0.39 is 5.54 Å². The van der Waals surface area contributed by atoms with E-state index in [2.05, 4.69) is 0 Å². The zero-order valence-corrected chi connectivity index (χ0v) is 9.73. The Morgan fingerprint density at radius 3 is 2.31 bits per heavy atom. The van der Waals surface area contributed by atoms with Crippen LogP contribution >= 0.6 is 12.4 Å². The van der Waals surface area contributed by atoms with E-state index in [4.69, 9.17) is 5.73 Å². The molecule has 2 rings (SSSR count). The minimum atomic E-state index is -0.654. The molecule has 0 aliphatic heterocycles. The fraction of sp³-hybridized carbons (Fsp3) is 0.417. The Bertz CT molecular complexity index is 384.